The number of aromatic nitrogens is 1. The SMILES string of the molecule is COc1c(C(N)=O)cccc1-c1ccc2ccncc2c1. The topological polar surface area (TPSA) is 65.2 Å². The zero-order chi connectivity index (χ0) is 14.8. The molecule has 2 aromatic carbocycles. The Morgan fingerprint density at radius 3 is 2.76 bits per heavy atom. The summed E-state index contributed by atoms with van der Waals surface area (Å²) in [6.45, 7) is 0. The van der Waals surface area contributed by atoms with Crippen LogP contribution >= 0.6 is 0 Å². The highest BCUT2D eigenvalue weighted by Gasteiger charge is 2.14. The lowest BCUT2D eigenvalue weighted by molar-refractivity contribution is 0.0997. The third kappa shape index (κ3) is 2.31. The molecule has 0 aliphatic carbocycles. The Bertz CT molecular complexity index is 828. The van der Waals surface area contributed by atoms with Gasteiger partial charge in [0.25, 0.3) is 5.91 Å². The van der Waals surface area contributed by atoms with Gasteiger partial charge >= 0.3 is 0 Å². The second-order valence-corrected chi connectivity index (χ2v) is 4.69. The van der Waals surface area contributed by atoms with Gasteiger partial charge in [-0.25, -0.2) is 0 Å². The van der Waals surface area contributed by atoms with E-state index >= 15 is 0 Å². The van der Waals surface area contributed by atoms with E-state index in [-0.39, 0.29) is 0 Å². The van der Waals surface area contributed by atoms with E-state index < -0.39 is 5.91 Å². The maximum Gasteiger partial charge on any atom is 0.252 e. The third-order valence-electron chi connectivity index (χ3n) is 3.44. The first-order valence-corrected chi connectivity index (χ1v) is 6.51. The van der Waals surface area contributed by atoms with Gasteiger partial charge in [0, 0.05) is 23.3 Å². The summed E-state index contributed by atoms with van der Waals surface area (Å²) in [7, 11) is 1.54. The van der Waals surface area contributed by atoms with E-state index in [1.54, 1.807) is 18.3 Å². The van der Waals surface area contributed by atoms with Gasteiger partial charge in [0.2, 0.25) is 0 Å². The molecule has 3 aromatic rings. The Kier molecular flexibility index (Phi) is 3.28. The molecule has 0 bridgehead atoms. The van der Waals surface area contributed by atoms with Gasteiger partial charge in [-0.15, -0.1) is 0 Å². The van der Waals surface area contributed by atoms with Gasteiger partial charge in [-0.2, -0.15) is 0 Å². The zero-order valence-corrected chi connectivity index (χ0v) is 11.5. The molecule has 1 heterocycles. The molecule has 0 aliphatic heterocycles. The van der Waals surface area contributed by atoms with E-state index in [0.717, 1.165) is 21.9 Å². The number of para-hydroxylation sites is 1. The van der Waals surface area contributed by atoms with E-state index in [1.165, 1.54) is 7.11 Å². The van der Waals surface area contributed by atoms with E-state index in [4.69, 9.17) is 10.5 Å². The molecule has 0 saturated heterocycles. The number of hydrogen-bond acceptors (Lipinski definition) is 3. The minimum Gasteiger partial charge on any atom is -0.495 e. The van der Waals surface area contributed by atoms with Crippen LogP contribution in [-0.2, 0) is 0 Å². The molecule has 0 spiro atoms. The first kappa shape index (κ1) is 13.1. The summed E-state index contributed by atoms with van der Waals surface area (Å²) in [4.78, 5) is 15.6. The van der Waals surface area contributed by atoms with Crippen LogP contribution in [0.4, 0.5) is 0 Å². The number of rotatable bonds is 3. The average Bonchev–Trinajstić information content (AvgIpc) is 2.53. The monoisotopic (exact) mass is 278 g/mol. The number of hydrogen-bond donors (Lipinski definition) is 1. The molecule has 0 fully saturated rings. The number of primary amides is 1. The summed E-state index contributed by atoms with van der Waals surface area (Å²) in [5.74, 6) is -0.00982. The summed E-state index contributed by atoms with van der Waals surface area (Å²) in [6.07, 6.45) is 3.57. The molecular formula is C17H14N2O2. The normalized spacial score (nSPS) is 10.5. The number of amides is 1. The van der Waals surface area contributed by atoms with Crippen LogP contribution in [-0.4, -0.2) is 18.0 Å². The minimum atomic E-state index is -0.504. The molecule has 0 atom stereocenters. The summed E-state index contributed by atoms with van der Waals surface area (Å²) in [6, 6.07) is 13.3. The molecule has 1 aromatic heterocycles. The fourth-order valence-corrected chi connectivity index (χ4v) is 2.43. The van der Waals surface area contributed by atoms with Crippen LogP contribution in [0.15, 0.2) is 54.9 Å². The van der Waals surface area contributed by atoms with Crippen LogP contribution in [0.2, 0.25) is 0 Å². The number of pyridine rings is 1. The predicted octanol–water partition coefficient (Wildman–Crippen LogP) is 3.01. The number of nitrogens with zero attached hydrogens (tertiary/aromatic N) is 1. The lowest BCUT2D eigenvalue weighted by Crippen LogP contribution is -2.12. The minimum absolute atomic E-state index is 0.376. The van der Waals surface area contributed by atoms with Gasteiger partial charge in [-0.05, 0) is 29.1 Å². The Morgan fingerprint density at radius 1 is 1.14 bits per heavy atom. The van der Waals surface area contributed by atoms with Gasteiger partial charge in [0.15, 0.2) is 0 Å². The summed E-state index contributed by atoms with van der Waals surface area (Å²) in [5.41, 5.74) is 7.56. The maximum atomic E-state index is 11.5. The number of nitrogens with two attached hydrogens (primary N) is 1. The molecule has 21 heavy (non-hydrogen) atoms. The first-order valence-electron chi connectivity index (χ1n) is 6.51. The van der Waals surface area contributed by atoms with E-state index in [2.05, 4.69) is 4.98 Å². The highest BCUT2D eigenvalue weighted by atomic mass is 16.5. The van der Waals surface area contributed by atoms with Gasteiger partial charge in [-0.3, -0.25) is 9.78 Å². The molecular weight excluding hydrogens is 264 g/mol. The van der Waals surface area contributed by atoms with E-state index in [0.29, 0.717) is 11.3 Å². The molecule has 104 valence electrons. The van der Waals surface area contributed by atoms with Crippen molar-refractivity contribution in [1.82, 2.24) is 4.98 Å². The molecule has 4 nitrogen and oxygen atoms in total. The van der Waals surface area contributed by atoms with Crippen LogP contribution in [0, 0.1) is 0 Å². The Morgan fingerprint density at radius 2 is 2.00 bits per heavy atom. The number of fused-ring (bicyclic) bond motifs is 1. The van der Waals surface area contributed by atoms with Gasteiger partial charge < -0.3 is 10.5 Å². The predicted molar refractivity (Wildman–Crippen MR) is 82.2 cm³/mol. The first-order chi connectivity index (χ1) is 10.2. The zero-order valence-electron chi connectivity index (χ0n) is 11.5. The second-order valence-electron chi connectivity index (χ2n) is 4.69. The summed E-state index contributed by atoms with van der Waals surface area (Å²) in [5, 5.41) is 2.14. The molecule has 0 unspecified atom stereocenters. The number of ether oxygens (including phenoxy) is 1. The quantitative estimate of drug-likeness (QED) is 0.801. The second kappa shape index (κ2) is 5.25. The van der Waals surface area contributed by atoms with Crippen molar-refractivity contribution < 1.29 is 9.53 Å². The lowest BCUT2D eigenvalue weighted by Gasteiger charge is -2.12. The smallest absolute Gasteiger partial charge is 0.252 e. The van der Waals surface area contributed by atoms with Crippen LogP contribution in [0.1, 0.15) is 10.4 Å². The summed E-state index contributed by atoms with van der Waals surface area (Å²) < 4.78 is 5.39. The fourth-order valence-electron chi connectivity index (χ4n) is 2.43. The van der Waals surface area contributed by atoms with Crippen LogP contribution in [0.3, 0.4) is 0 Å². The van der Waals surface area contributed by atoms with Crippen LogP contribution in [0.5, 0.6) is 5.75 Å². The van der Waals surface area contributed by atoms with Crippen LogP contribution in [0.25, 0.3) is 21.9 Å². The van der Waals surface area contributed by atoms with Crippen molar-refractivity contribution in [3.63, 3.8) is 0 Å². The molecule has 0 radical (unpaired) electrons. The molecule has 0 saturated carbocycles. The molecule has 3 rings (SSSR count). The molecule has 2 N–H and O–H groups in total. The third-order valence-corrected chi connectivity index (χ3v) is 3.44. The molecule has 1 amide bonds. The molecule has 4 heteroatoms. The van der Waals surface area contributed by atoms with Gasteiger partial charge in [0.1, 0.15) is 5.75 Å². The van der Waals surface area contributed by atoms with Crippen molar-refractivity contribution in [1.29, 1.82) is 0 Å². The van der Waals surface area contributed by atoms with Gasteiger partial charge in [-0.1, -0.05) is 24.3 Å². The van der Waals surface area contributed by atoms with Crippen molar-refractivity contribution >= 4 is 16.7 Å². The fraction of sp³-hybridized carbons (Fsp3) is 0.0588. The van der Waals surface area contributed by atoms with Crippen molar-refractivity contribution in [2.45, 2.75) is 0 Å². The van der Waals surface area contributed by atoms with Crippen molar-refractivity contribution in [3.8, 4) is 16.9 Å². The Labute approximate surface area is 122 Å². The van der Waals surface area contributed by atoms with E-state index in [1.807, 2.05) is 36.5 Å². The Hall–Kier alpha value is -2.88. The standard InChI is InChI=1S/C17H14N2O2/c1-21-16-14(3-2-4-15(16)17(18)20)12-6-5-11-7-8-19-10-13(11)9-12/h2-10H,1H3,(H2,18,20). The highest BCUT2D eigenvalue weighted by molar-refractivity contribution is 5.99. The average molecular weight is 278 g/mol. The van der Waals surface area contributed by atoms with Gasteiger partial charge in [0.05, 0.1) is 12.7 Å². The number of carbonyl (C=O) groups excluding carboxylic acids is 1. The lowest BCUT2D eigenvalue weighted by atomic mass is 9.99. The van der Waals surface area contributed by atoms with Crippen molar-refractivity contribution in [3.05, 3.63) is 60.4 Å². The Balaban J connectivity index is 2.22. The number of benzene rings is 2. The largest absolute Gasteiger partial charge is 0.495 e. The number of methoxy groups -OCH3 is 1. The highest BCUT2D eigenvalue weighted by Crippen LogP contribution is 2.34. The van der Waals surface area contributed by atoms with Crippen LogP contribution < -0.4 is 10.5 Å². The van der Waals surface area contributed by atoms with Crippen molar-refractivity contribution in [2.24, 2.45) is 5.73 Å². The van der Waals surface area contributed by atoms with E-state index in [9.17, 15) is 4.79 Å². The maximum absolute atomic E-state index is 11.5. The van der Waals surface area contributed by atoms with Crippen molar-refractivity contribution in [2.75, 3.05) is 7.11 Å². The number of carbonyl (C=O) groups is 1. The molecule has 0 aliphatic rings. The summed E-state index contributed by atoms with van der Waals surface area (Å²) >= 11 is 0.